The molecular formula is C18H16F6N4O. The molecule has 0 unspecified atom stereocenters. The summed E-state index contributed by atoms with van der Waals surface area (Å²) in [4.78, 5) is 12.1. The number of amides is 1. The Kier molecular flexibility index (Phi) is 5.36. The number of allylic oxidation sites excluding steroid dienone is 3. The average molecular weight is 418 g/mol. The molecule has 0 aliphatic carbocycles. The van der Waals surface area contributed by atoms with E-state index in [1.165, 1.54) is 31.2 Å². The highest BCUT2D eigenvalue weighted by Crippen LogP contribution is 2.63. The predicted octanol–water partition coefficient (Wildman–Crippen LogP) is 3.95. The van der Waals surface area contributed by atoms with Crippen LogP contribution in [0.15, 0.2) is 47.4 Å². The molecule has 0 spiro atoms. The number of hydrogen-bond donors (Lipinski definition) is 2. The largest absolute Gasteiger partial charge is 0.408 e. The van der Waals surface area contributed by atoms with Crippen molar-refractivity contribution in [2.24, 2.45) is 22.8 Å². The second-order valence-electron chi connectivity index (χ2n) is 6.36. The van der Waals surface area contributed by atoms with Gasteiger partial charge < -0.3 is 16.4 Å². The Labute approximate surface area is 161 Å². The maximum Gasteiger partial charge on any atom is 0.408 e. The Morgan fingerprint density at radius 3 is 2.00 bits per heavy atom. The number of nitrogens with two attached hydrogens (primary N) is 2. The molecule has 2 rings (SSSR count). The van der Waals surface area contributed by atoms with E-state index in [1.54, 1.807) is 0 Å². The Morgan fingerprint density at radius 1 is 1.17 bits per heavy atom. The summed E-state index contributed by atoms with van der Waals surface area (Å²) in [5.74, 6) is -3.99. The van der Waals surface area contributed by atoms with Crippen LogP contribution in [0.25, 0.3) is 0 Å². The fraction of sp³-hybridized carbons (Fsp3) is 0.333. The van der Waals surface area contributed by atoms with Crippen molar-refractivity contribution >= 4 is 11.6 Å². The minimum absolute atomic E-state index is 0.0677. The maximum atomic E-state index is 13.9. The third kappa shape index (κ3) is 3.08. The van der Waals surface area contributed by atoms with E-state index >= 15 is 0 Å². The van der Waals surface area contributed by atoms with E-state index in [0.29, 0.717) is 0 Å². The number of benzene rings is 1. The first-order valence-corrected chi connectivity index (χ1v) is 8.15. The zero-order valence-corrected chi connectivity index (χ0v) is 15.2. The van der Waals surface area contributed by atoms with Gasteiger partial charge in [-0.05, 0) is 31.2 Å². The summed E-state index contributed by atoms with van der Waals surface area (Å²) in [6.07, 6.45) is -10.6. The lowest BCUT2D eigenvalue weighted by molar-refractivity contribution is -0.337. The number of alkyl halides is 6. The number of nitriles is 1. The summed E-state index contributed by atoms with van der Waals surface area (Å²) in [7, 11) is 0. The van der Waals surface area contributed by atoms with Crippen LogP contribution in [-0.4, -0.2) is 18.3 Å². The van der Waals surface area contributed by atoms with Crippen LogP contribution in [0.3, 0.4) is 0 Å². The minimum atomic E-state index is -5.84. The van der Waals surface area contributed by atoms with Gasteiger partial charge in [-0.25, -0.2) is 0 Å². The molecule has 0 saturated heterocycles. The SMILES string of the molecule is C/C=C1/[C@@H](C)C(C(F)(F)F)(C(F)(F)F)C(C#N)=C(N)N1c1ccc(C(N)=O)cc1. The van der Waals surface area contributed by atoms with Crippen LogP contribution < -0.4 is 16.4 Å². The van der Waals surface area contributed by atoms with Gasteiger partial charge in [0.05, 0.1) is 11.6 Å². The number of carbonyl (C=O) groups excluding carboxylic acids is 1. The van der Waals surface area contributed by atoms with Gasteiger partial charge in [-0.3, -0.25) is 4.79 Å². The van der Waals surface area contributed by atoms with Crippen LogP contribution in [0.4, 0.5) is 32.0 Å². The van der Waals surface area contributed by atoms with Crippen molar-refractivity contribution in [3.05, 3.63) is 53.0 Å². The first kappa shape index (κ1) is 22.1. The standard InChI is InChI=1S/C18H16F6N4O/c1-3-13-9(2)16(17(19,20)21,18(22,23)24)12(8-25)14(26)28(13)11-6-4-10(5-7-11)15(27)29/h3-7,9H,26H2,1-2H3,(H2,27,29)/b13-3-/t9-/m1/s1. The van der Waals surface area contributed by atoms with Crippen LogP contribution in [0.1, 0.15) is 24.2 Å². The molecule has 1 amide bonds. The van der Waals surface area contributed by atoms with Gasteiger partial charge in [-0.1, -0.05) is 13.0 Å². The van der Waals surface area contributed by atoms with Crippen molar-refractivity contribution in [3.8, 4) is 6.07 Å². The monoisotopic (exact) mass is 418 g/mol. The van der Waals surface area contributed by atoms with E-state index in [9.17, 15) is 36.4 Å². The highest BCUT2D eigenvalue weighted by atomic mass is 19.4. The molecule has 0 bridgehead atoms. The number of halogens is 6. The van der Waals surface area contributed by atoms with Crippen molar-refractivity contribution in [2.45, 2.75) is 26.2 Å². The van der Waals surface area contributed by atoms with Crippen molar-refractivity contribution in [1.29, 1.82) is 5.26 Å². The van der Waals surface area contributed by atoms with Crippen LogP contribution in [0.2, 0.25) is 0 Å². The van der Waals surface area contributed by atoms with Crippen LogP contribution in [0, 0.1) is 22.7 Å². The topological polar surface area (TPSA) is 96.1 Å². The van der Waals surface area contributed by atoms with Crippen LogP contribution in [-0.2, 0) is 0 Å². The lowest BCUT2D eigenvalue weighted by Gasteiger charge is -2.49. The lowest BCUT2D eigenvalue weighted by Crippen LogP contribution is -2.60. The first-order valence-electron chi connectivity index (χ1n) is 8.15. The molecule has 0 aromatic heterocycles. The summed E-state index contributed by atoms with van der Waals surface area (Å²) < 4.78 is 83.3. The first-order chi connectivity index (χ1) is 13.3. The van der Waals surface area contributed by atoms with E-state index in [4.69, 9.17) is 11.5 Å². The molecule has 29 heavy (non-hydrogen) atoms. The number of anilines is 1. The summed E-state index contributed by atoms with van der Waals surface area (Å²) in [6.45, 7) is 2.00. The van der Waals surface area contributed by atoms with E-state index < -0.39 is 46.7 Å². The number of primary amides is 1. The molecule has 11 heteroatoms. The highest BCUT2D eigenvalue weighted by molar-refractivity contribution is 5.93. The average Bonchev–Trinajstić information content (AvgIpc) is 2.60. The third-order valence-electron chi connectivity index (χ3n) is 4.95. The zero-order valence-electron chi connectivity index (χ0n) is 15.2. The molecule has 0 radical (unpaired) electrons. The molecule has 5 nitrogen and oxygen atoms in total. The fourth-order valence-corrected chi connectivity index (χ4v) is 3.61. The van der Waals surface area contributed by atoms with Crippen molar-refractivity contribution < 1.29 is 31.1 Å². The molecule has 4 N–H and O–H groups in total. The molecule has 1 aliphatic heterocycles. The van der Waals surface area contributed by atoms with Crippen LogP contribution >= 0.6 is 0 Å². The quantitative estimate of drug-likeness (QED) is 0.711. The fourth-order valence-electron chi connectivity index (χ4n) is 3.61. The minimum Gasteiger partial charge on any atom is -0.384 e. The van der Waals surface area contributed by atoms with Gasteiger partial charge in [0.25, 0.3) is 0 Å². The van der Waals surface area contributed by atoms with Crippen molar-refractivity contribution in [2.75, 3.05) is 4.90 Å². The Morgan fingerprint density at radius 2 is 1.66 bits per heavy atom. The van der Waals surface area contributed by atoms with E-state index in [2.05, 4.69) is 0 Å². The smallest absolute Gasteiger partial charge is 0.384 e. The van der Waals surface area contributed by atoms with E-state index in [0.717, 1.165) is 24.0 Å². The van der Waals surface area contributed by atoms with Gasteiger partial charge in [0.15, 0.2) is 0 Å². The number of nitrogens with zero attached hydrogens (tertiary/aromatic N) is 2. The van der Waals surface area contributed by atoms with E-state index in [-0.39, 0.29) is 11.3 Å². The van der Waals surface area contributed by atoms with Gasteiger partial charge in [0.2, 0.25) is 11.3 Å². The van der Waals surface area contributed by atoms with Crippen molar-refractivity contribution in [1.82, 2.24) is 0 Å². The molecule has 1 atom stereocenters. The third-order valence-corrected chi connectivity index (χ3v) is 4.95. The Bertz CT molecular complexity index is 908. The molecule has 0 fully saturated rings. The van der Waals surface area contributed by atoms with Gasteiger partial charge in [-0.2, -0.15) is 31.6 Å². The zero-order chi connectivity index (χ0) is 22.4. The van der Waals surface area contributed by atoms with E-state index in [1.807, 2.05) is 0 Å². The number of rotatable bonds is 2. The second-order valence-corrected chi connectivity index (χ2v) is 6.36. The van der Waals surface area contributed by atoms with Gasteiger partial charge >= 0.3 is 12.4 Å². The highest BCUT2D eigenvalue weighted by Gasteiger charge is 2.77. The second kappa shape index (κ2) is 7.02. The predicted molar refractivity (Wildman–Crippen MR) is 91.7 cm³/mol. The molecule has 0 saturated carbocycles. The van der Waals surface area contributed by atoms with Crippen LogP contribution in [0.5, 0.6) is 0 Å². The Balaban J connectivity index is 2.89. The summed E-state index contributed by atoms with van der Waals surface area (Å²) >= 11 is 0. The van der Waals surface area contributed by atoms with Gasteiger partial charge in [-0.15, -0.1) is 0 Å². The summed E-state index contributed by atoms with van der Waals surface area (Å²) in [5, 5.41) is 9.29. The van der Waals surface area contributed by atoms with Gasteiger partial charge in [0.1, 0.15) is 5.82 Å². The molecular weight excluding hydrogens is 402 g/mol. The number of hydrogen-bond acceptors (Lipinski definition) is 4. The van der Waals surface area contributed by atoms with Gasteiger partial charge in [0, 0.05) is 22.9 Å². The number of carbonyl (C=O) groups is 1. The molecule has 1 heterocycles. The van der Waals surface area contributed by atoms with Crippen molar-refractivity contribution in [3.63, 3.8) is 0 Å². The normalized spacial score (nSPS) is 21.3. The molecule has 1 aromatic carbocycles. The summed E-state index contributed by atoms with van der Waals surface area (Å²) in [6, 6.07) is 6.03. The molecule has 1 aliphatic rings. The molecule has 156 valence electrons. The Hall–Kier alpha value is -3.16. The lowest BCUT2D eigenvalue weighted by atomic mass is 9.65. The summed E-state index contributed by atoms with van der Waals surface area (Å²) in [5.41, 5.74) is 4.47. The maximum absolute atomic E-state index is 13.9. The molecule has 1 aromatic rings.